The van der Waals surface area contributed by atoms with Crippen LogP contribution in [0.5, 0.6) is 0 Å². The number of carbonyl (C=O) groups excluding carboxylic acids is 2. The lowest BCUT2D eigenvalue weighted by Crippen LogP contribution is -2.29. The highest BCUT2D eigenvalue weighted by Gasteiger charge is 2.25. The van der Waals surface area contributed by atoms with Gasteiger partial charge in [0.1, 0.15) is 6.61 Å². The molecule has 0 aromatic heterocycles. The number of unbranched alkanes of at least 4 members (excludes halogenated alkanes) is 26. The first kappa shape index (κ1) is 55.3. The maximum Gasteiger partial charge on any atom is 0.472 e. The van der Waals surface area contributed by atoms with Gasteiger partial charge in [-0.1, -0.05) is 179 Å². The molecule has 0 saturated heterocycles. The number of hydrogen-bond donors (Lipinski definition) is 1. The Balaban J connectivity index is 4.03. The average Bonchev–Trinajstić information content (AvgIpc) is 3.19. The zero-order chi connectivity index (χ0) is 41.8. The summed E-state index contributed by atoms with van der Waals surface area (Å²) in [6.45, 7) is 5.47. The van der Waals surface area contributed by atoms with Gasteiger partial charge in [0.25, 0.3) is 0 Å². The van der Waals surface area contributed by atoms with Gasteiger partial charge in [0.2, 0.25) is 0 Å². The van der Waals surface area contributed by atoms with Crippen molar-refractivity contribution in [2.75, 3.05) is 19.8 Å². The molecule has 8 nitrogen and oxygen atoms in total. The Hall–Kier alpha value is -1.73. The van der Waals surface area contributed by atoms with Crippen LogP contribution in [0.3, 0.4) is 0 Å². The van der Waals surface area contributed by atoms with E-state index in [-0.39, 0.29) is 32.0 Å². The lowest BCUT2D eigenvalue weighted by molar-refractivity contribution is -0.161. The van der Waals surface area contributed by atoms with Crippen molar-refractivity contribution in [2.24, 2.45) is 0 Å². The maximum absolute atomic E-state index is 12.6. The van der Waals surface area contributed by atoms with Crippen LogP contribution in [0.1, 0.15) is 233 Å². The second-order valence-electron chi connectivity index (χ2n) is 15.8. The lowest BCUT2D eigenvalue weighted by atomic mass is 10.1. The summed E-state index contributed by atoms with van der Waals surface area (Å²) in [6, 6.07) is 0. The number of phosphoric acid groups is 1. The van der Waals surface area contributed by atoms with Crippen LogP contribution >= 0.6 is 7.82 Å². The Morgan fingerprint density at radius 3 is 1.26 bits per heavy atom. The number of allylic oxidation sites excluding steroid dienone is 6. The molecule has 0 amide bonds. The molecular formula is C48H89O8P. The van der Waals surface area contributed by atoms with Crippen molar-refractivity contribution in [3.63, 3.8) is 0 Å². The fourth-order valence-electron chi connectivity index (χ4n) is 6.66. The fraction of sp³-hybridized carbons (Fsp3) is 0.833. The molecule has 0 spiro atoms. The lowest BCUT2D eigenvalue weighted by Gasteiger charge is -2.19. The molecule has 57 heavy (non-hydrogen) atoms. The standard InChI is InChI=1S/C48H89O8P/c1-4-7-9-11-13-15-17-19-21-23-24-25-26-27-29-31-33-35-37-39-41-43-48(50)56-46(45-55-57(51,52)54-6-3)44-53-47(49)42-40-38-36-34-32-30-28-22-20-18-16-14-12-10-8-5-2/h17,19,22-24,28,46H,4-16,18,20-21,25-27,29-45H2,1-3H3,(H,51,52)/b19-17-,24-23-,28-22-. The summed E-state index contributed by atoms with van der Waals surface area (Å²) in [4.78, 5) is 34.8. The van der Waals surface area contributed by atoms with Crippen molar-refractivity contribution >= 4 is 19.8 Å². The van der Waals surface area contributed by atoms with E-state index in [9.17, 15) is 19.0 Å². The summed E-state index contributed by atoms with van der Waals surface area (Å²) in [7, 11) is -4.28. The van der Waals surface area contributed by atoms with Crippen LogP contribution in [0.25, 0.3) is 0 Å². The van der Waals surface area contributed by atoms with Crippen LogP contribution in [0.15, 0.2) is 36.5 Å². The smallest absolute Gasteiger partial charge is 0.462 e. The molecule has 0 heterocycles. The normalized spacial score (nSPS) is 13.5. The second-order valence-corrected chi connectivity index (χ2v) is 17.2. The summed E-state index contributed by atoms with van der Waals surface area (Å²) in [5.74, 6) is -0.806. The van der Waals surface area contributed by atoms with Crippen molar-refractivity contribution in [3.8, 4) is 0 Å². The van der Waals surface area contributed by atoms with Crippen molar-refractivity contribution in [1.29, 1.82) is 0 Å². The van der Waals surface area contributed by atoms with Gasteiger partial charge in [-0.2, -0.15) is 0 Å². The molecule has 2 atom stereocenters. The minimum atomic E-state index is -4.28. The molecule has 0 aromatic carbocycles. The molecule has 0 bridgehead atoms. The molecule has 0 radical (unpaired) electrons. The van der Waals surface area contributed by atoms with Crippen LogP contribution < -0.4 is 0 Å². The van der Waals surface area contributed by atoms with E-state index < -0.39 is 26.5 Å². The molecular weight excluding hydrogens is 735 g/mol. The summed E-state index contributed by atoms with van der Waals surface area (Å²) < 4.78 is 32.7. The van der Waals surface area contributed by atoms with E-state index in [1.165, 1.54) is 128 Å². The Kier molecular flexibility index (Phi) is 42.5. The van der Waals surface area contributed by atoms with Gasteiger partial charge >= 0.3 is 19.8 Å². The Bertz CT molecular complexity index is 1030. The zero-order valence-corrected chi connectivity index (χ0v) is 38.1. The van der Waals surface area contributed by atoms with Crippen LogP contribution in [0, 0.1) is 0 Å². The highest BCUT2D eigenvalue weighted by molar-refractivity contribution is 7.47. The maximum atomic E-state index is 12.6. The molecule has 0 rings (SSSR count). The van der Waals surface area contributed by atoms with Crippen molar-refractivity contribution in [3.05, 3.63) is 36.5 Å². The SMILES string of the molecule is CCCCCCC/C=C\C/C=C\CCCCCCCCCCCC(=O)OC(COC(=O)CCCCCCC/C=C\CCCCCCCCC)COP(=O)(O)OCC. The fourth-order valence-corrected chi connectivity index (χ4v) is 7.41. The van der Waals surface area contributed by atoms with Gasteiger partial charge in [-0.15, -0.1) is 0 Å². The number of rotatable bonds is 44. The van der Waals surface area contributed by atoms with E-state index >= 15 is 0 Å². The summed E-state index contributed by atoms with van der Waals surface area (Å²) in [6.07, 6.45) is 50.5. The van der Waals surface area contributed by atoms with E-state index in [2.05, 4.69) is 50.3 Å². The average molecular weight is 825 g/mol. The van der Waals surface area contributed by atoms with E-state index in [0.29, 0.717) is 6.42 Å². The molecule has 2 unspecified atom stereocenters. The van der Waals surface area contributed by atoms with Crippen molar-refractivity contribution < 1.29 is 37.6 Å². The first-order chi connectivity index (χ1) is 27.8. The van der Waals surface area contributed by atoms with Crippen molar-refractivity contribution in [1.82, 2.24) is 0 Å². The number of phosphoric ester groups is 1. The third-order valence-electron chi connectivity index (χ3n) is 10.2. The Morgan fingerprint density at radius 1 is 0.474 bits per heavy atom. The number of esters is 2. The highest BCUT2D eigenvalue weighted by Crippen LogP contribution is 2.43. The topological polar surface area (TPSA) is 108 Å². The van der Waals surface area contributed by atoms with Gasteiger partial charge in [-0.3, -0.25) is 18.6 Å². The number of carbonyl (C=O) groups is 2. The second kappa shape index (κ2) is 43.8. The molecule has 1 N–H and O–H groups in total. The predicted molar refractivity (Wildman–Crippen MR) is 239 cm³/mol. The summed E-state index contributed by atoms with van der Waals surface area (Å²) >= 11 is 0. The molecule has 0 fully saturated rings. The predicted octanol–water partition coefficient (Wildman–Crippen LogP) is 15.2. The van der Waals surface area contributed by atoms with E-state index in [1.807, 2.05) is 0 Å². The molecule has 334 valence electrons. The van der Waals surface area contributed by atoms with E-state index in [1.54, 1.807) is 6.92 Å². The van der Waals surface area contributed by atoms with Crippen molar-refractivity contribution in [2.45, 2.75) is 239 Å². The van der Waals surface area contributed by atoms with E-state index in [0.717, 1.165) is 64.2 Å². The highest BCUT2D eigenvalue weighted by atomic mass is 31.2. The number of ether oxygens (including phenoxy) is 2. The Morgan fingerprint density at radius 2 is 0.842 bits per heavy atom. The summed E-state index contributed by atoms with van der Waals surface area (Å²) in [5, 5.41) is 0. The van der Waals surface area contributed by atoms with Gasteiger partial charge < -0.3 is 14.4 Å². The van der Waals surface area contributed by atoms with Gasteiger partial charge in [0.05, 0.1) is 13.2 Å². The van der Waals surface area contributed by atoms with Gasteiger partial charge in [-0.25, -0.2) is 4.57 Å². The van der Waals surface area contributed by atoms with Gasteiger partial charge in [0.15, 0.2) is 6.10 Å². The first-order valence-corrected chi connectivity index (χ1v) is 25.3. The quantitative estimate of drug-likeness (QED) is 0.0280. The van der Waals surface area contributed by atoms with Gasteiger partial charge in [-0.05, 0) is 77.6 Å². The molecule has 0 aliphatic heterocycles. The van der Waals surface area contributed by atoms with Crippen LogP contribution in [-0.2, 0) is 32.7 Å². The van der Waals surface area contributed by atoms with Gasteiger partial charge in [0, 0.05) is 12.8 Å². The Labute approximate surface area is 351 Å². The molecule has 0 aliphatic carbocycles. The summed E-state index contributed by atoms with van der Waals surface area (Å²) in [5.41, 5.74) is 0. The minimum absolute atomic E-state index is 0.00152. The third-order valence-corrected chi connectivity index (χ3v) is 11.2. The molecule has 0 aromatic rings. The zero-order valence-electron chi connectivity index (χ0n) is 37.2. The molecule has 0 saturated carbocycles. The first-order valence-electron chi connectivity index (χ1n) is 23.8. The number of hydrogen-bond acceptors (Lipinski definition) is 7. The molecule has 0 aliphatic rings. The largest absolute Gasteiger partial charge is 0.472 e. The van der Waals surface area contributed by atoms with Crippen LogP contribution in [-0.4, -0.2) is 42.8 Å². The van der Waals surface area contributed by atoms with Crippen LogP contribution in [0.2, 0.25) is 0 Å². The monoisotopic (exact) mass is 825 g/mol. The third kappa shape index (κ3) is 43.7. The molecule has 9 heteroatoms. The van der Waals surface area contributed by atoms with Crippen LogP contribution in [0.4, 0.5) is 0 Å². The van der Waals surface area contributed by atoms with E-state index in [4.69, 9.17) is 18.5 Å². The minimum Gasteiger partial charge on any atom is -0.462 e.